The molecule has 0 aliphatic rings. The van der Waals surface area contributed by atoms with Crippen LogP contribution in [0.25, 0.3) is 0 Å². The molecular weight excluding hydrogens is 232 g/mol. The van der Waals surface area contributed by atoms with E-state index < -0.39 is 0 Å². The van der Waals surface area contributed by atoms with E-state index in [-0.39, 0.29) is 0 Å². The Morgan fingerprint density at radius 3 is 2.47 bits per heavy atom. The van der Waals surface area contributed by atoms with E-state index in [2.05, 4.69) is 25.1 Å². The molecule has 0 heterocycles. The molecule has 0 atom stereocenters. The summed E-state index contributed by atoms with van der Waals surface area (Å²) in [7, 11) is 0. The maximum absolute atomic E-state index is 6.10. The first-order valence-corrected chi connectivity index (χ1v) is 5.97. The first kappa shape index (κ1) is 12.0. The van der Waals surface area contributed by atoms with Crippen molar-refractivity contribution >= 4 is 11.6 Å². The molecule has 2 rings (SSSR count). The second kappa shape index (κ2) is 5.24. The summed E-state index contributed by atoms with van der Waals surface area (Å²) in [6.07, 6.45) is 0. The molecule has 0 unspecified atom stereocenters. The van der Waals surface area contributed by atoms with Gasteiger partial charge in [-0.1, -0.05) is 47.5 Å². The summed E-state index contributed by atoms with van der Waals surface area (Å²) in [6, 6.07) is 14.1. The van der Waals surface area contributed by atoms with Crippen molar-refractivity contribution in [3.63, 3.8) is 0 Å². The van der Waals surface area contributed by atoms with Crippen LogP contribution >= 0.6 is 11.6 Å². The van der Waals surface area contributed by atoms with E-state index in [0.717, 1.165) is 16.9 Å². The normalized spacial score (nSPS) is 10.3. The van der Waals surface area contributed by atoms with Crippen LogP contribution in [0.2, 0.25) is 5.02 Å². The number of rotatable bonds is 3. The van der Waals surface area contributed by atoms with Gasteiger partial charge in [-0.15, -0.1) is 0 Å². The van der Waals surface area contributed by atoms with Crippen LogP contribution in [0.5, 0.6) is 5.75 Å². The second-order valence-corrected chi connectivity index (χ2v) is 4.62. The lowest BCUT2D eigenvalue weighted by Gasteiger charge is -2.09. The molecule has 0 bridgehead atoms. The molecule has 88 valence electrons. The van der Waals surface area contributed by atoms with Gasteiger partial charge in [0.15, 0.2) is 0 Å². The SMILES string of the molecule is Cc1cccc(COc2ccc(C)cc2Cl)c1. The van der Waals surface area contributed by atoms with E-state index >= 15 is 0 Å². The lowest BCUT2D eigenvalue weighted by atomic mass is 10.1. The first-order chi connectivity index (χ1) is 8.15. The fourth-order valence-electron chi connectivity index (χ4n) is 1.69. The maximum Gasteiger partial charge on any atom is 0.138 e. The molecule has 0 saturated heterocycles. The number of benzene rings is 2. The third-order valence-electron chi connectivity index (χ3n) is 2.56. The van der Waals surface area contributed by atoms with E-state index in [4.69, 9.17) is 16.3 Å². The van der Waals surface area contributed by atoms with E-state index in [1.54, 1.807) is 0 Å². The highest BCUT2D eigenvalue weighted by atomic mass is 35.5. The Kier molecular flexibility index (Phi) is 3.70. The van der Waals surface area contributed by atoms with Gasteiger partial charge in [-0.25, -0.2) is 0 Å². The zero-order chi connectivity index (χ0) is 12.3. The summed E-state index contributed by atoms with van der Waals surface area (Å²) >= 11 is 6.10. The number of aryl methyl sites for hydroxylation is 2. The van der Waals surface area contributed by atoms with Crippen molar-refractivity contribution in [1.82, 2.24) is 0 Å². The van der Waals surface area contributed by atoms with Crippen molar-refractivity contribution in [3.05, 3.63) is 64.2 Å². The zero-order valence-corrected chi connectivity index (χ0v) is 10.8. The molecule has 2 heteroatoms. The Morgan fingerprint density at radius 1 is 1.00 bits per heavy atom. The van der Waals surface area contributed by atoms with Crippen LogP contribution in [0.4, 0.5) is 0 Å². The van der Waals surface area contributed by atoms with Crippen molar-refractivity contribution in [2.75, 3.05) is 0 Å². The molecule has 0 saturated carbocycles. The third-order valence-corrected chi connectivity index (χ3v) is 2.86. The smallest absolute Gasteiger partial charge is 0.138 e. The molecule has 0 spiro atoms. The molecule has 0 aromatic heterocycles. The van der Waals surface area contributed by atoms with Crippen LogP contribution in [0.3, 0.4) is 0 Å². The number of ether oxygens (including phenoxy) is 1. The fourth-order valence-corrected chi connectivity index (χ4v) is 1.98. The van der Waals surface area contributed by atoms with Gasteiger partial charge in [0.1, 0.15) is 12.4 Å². The van der Waals surface area contributed by atoms with Crippen molar-refractivity contribution in [3.8, 4) is 5.75 Å². The van der Waals surface area contributed by atoms with Gasteiger partial charge in [0, 0.05) is 0 Å². The minimum atomic E-state index is 0.546. The average Bonchev–Trinajstić information content (AvgIpc) is 2.28. The lowest BCUT2D eigenvalue weighted by Crippen LogP contribution is -1.96. The van der Waals surface area contributed by atoms with Gasteiger partial charge in [0.2, 0.25) is 0 Å². The van der Waals surface area contributed by atoms with E-state index in [1.807, 2.05) is 31.2 Å². The highest BCUT2D eigenvalue weighted by Crippen LogP contribution is 2.25. The van der Waals surface area contributed by atoms with E-state index in [9.17, 15) is 0 Å². The van der Waals surface area contributed by atoms with Gasteiger partial charge in [0.25, 0.3) is 0 Å². The summed E-state index contributed by atoms with van der Waals surface area (Å²) < 4.78 is 5.70. The van der Waals surface area contributed by atoms with Crippen molar-refractivity contribution in [2.24, 2.45) is 0 Å². The highest BCUT2D eigenvalue weighted by molar-refractivity contribution is 6.32. The molecule has 0 N–H and O–H groups in total. The number of hydrogen-bond donors (Lipinski definition) is 0. The average molecular weight is 247 g/mol. The monoisotopic (exact) mass is 246 g/mol. The summed E-state index contributed by atoms with van der Waals surface area (Å²) in [6.45, 7) is 4.63. The van der Waals surface area contributed by atoms with E-state index in [1.165, 1.54) is 5.56 Å². The molecule has 2 aromatic rings. The zero-order valence-electron chi connectivity index (χ0n) is 10.0. The van der Waals surface area contributed by atoms with Crippen LogP contribution in [0, 0.1) is 13.8 Å². The summed E-state index contributed by atoms with van der Waals surface area (Å²) in [5, 5.41) is 0.664. The van der Waals surface area contributed by atoms with Gasteiger partial charge in [-0.05, 0) is 37.1 Å². The molecule has 2 aromatic carbocycles. The summed E-state index contributed by atoms with van der Waals surface area (Å²) in [5.41, 5.74) is 3.53. The molecule has 17 heavy (non-hydrogen) atoms. The Morgan fingerprint density at radius 2 is 1.76 bits per heavy atom. The summed E-state index contributed by atoms with van der Waals surface area (Å²) in [5.74, 6) is 0.735. The van der Waals surface area contributed by atoms with Crippen molar-refractivity contribution in [1.29, 1.82) is 0 Å². The molecule has 0 aliphatic carbocycles. The Hall–Kier alpha value is -1.47. The molecule has 0 fully saturated rings. The minimum absolute atomic E-state index is 0.546. The third kappa shape index (κ3) is 3.24. The fraction of sp³-hybridized carbons (Fsp3) is 0.200. The standard InChI is InChI=1S/C15H15ClO/c1-11-4-3-5-13(8-11)10-17-15-7-6-12(2)9-14(15)16/h3-9H,10H2,1-2H3. The van der Waals surface area contributed by atoms with Crippen molar-refractivity contribution in [2.45, 2.75) is 20.5 Å². The van der Waals surface area contributed by atoms with Gasteiger partial charge in [-0.3, -0.25) is 0 Å². The Balaban J connectivity index is 2.07. The molecule has 0 aliphatic heterocycles. The minimum Gasteiger partial charge on any atom is -0.487 e. The van der Waals surface area contributed by atoms with Gasteiger partial charge >= 0.3 is 0 Å². The highest BCUT2D eigenvalue weighted by Gasteiger charge is 2.02. The van der Waals surface area contributed by atoms with Gasteiger partial charge < -0.3 is 4.74 Å². The Bertz CT molecular complexity index is 520. The van der Waals surface area contributed by atoms with E-state index in [0.29, 0.717) is 11.6 Å². The molecule has 0 radical (unpaired) electrons. The second-order valence-electron chi connectivity index (χ2n) is 4.21. The Labute approximate surface area is 107 Å². The molecule has 1 nitrogen and oxygen atoms in total. The maximum atomic E-state index is 6.10. The first-order valence-electron chi connectivity index (χ1n) is 5.59. The largest absolute Gasteiger partial charge is 0.487 e. The molecule has 0 amide bonds. The molecular formula is C15H15ClO. The van der Waals surface area contributed by atoms with Crippen LogP contribution < -0.4 is 4.74 Å². The number of halogens is 1. The predicted octanol–water partition coefficient (Wildman–Crippen LogP) is 4.54. The summed E-state index contributed by atoms with van der Waals surface area (Å²) in [4.78, 5) is 0. The number of hydrogen-bond acceptors (Lipinski definition) is 1. The topological polar surface area (TPSA) is 9.23 Å². The van der Waals surface area contributed by atoms with Crippen LogP contribution in [-0.4, -0.2) is 0 Å². The van der Waals surface area contributed by atoms with Crippen LogP contribution in [0.15, 0.2) is 42.5 Å². The predicted molar refractivity (Wildman–Crippen MR) is 71.7 cm³/mol. The van der Waals surface area contributed by atoms with Crippen molar-refractivity contribution < 1.29 is 4.74 Å². The van der Waals surface area contributed by atoms with Crippen LogP contribution in [-0.2, 0) is 6.61 Å². The van der Waals surface area contributed by atoms with Gasteiger partial charge in [0.05, 0.1) is 5.02 Å². The quantitative estimate of drug-likeness (QED) is 0.773. The van der Waals surface area contributed by atoms with Crippen LogP contribution in [0.1, 0.15) is 16.7 Å². The lowest BCUT2D eigenvalue weighted by molar-refractivity contribution is 0.306. The van der Waals surface area contributed by atoms with Gasteiger partial charge in [-0.2, -0.15) is 0 Å².